The van der Waals surface area contributed by atoms with Crippen molar-refractivity contribution in [2.24, 2.45) is 5.92 Å². The van der Waals surface area contributed by atoms with Crippen LogP contribution >= 0.6 is 11.6 Å². The Kier molecular flexibility index (Phi) is 3.32. The first-order valence-corrected chi connectivity index (χ1v) is 7.40. The first kappa shape index (κ1) is 13.0. The number of halogens is 1. The highest BCUT2D eigenvalue weighted by molar-refractivity contribution is 6.31. The molecule has 0 atom stereocenters. The van der Waals surface area contributed by atoms with Crippen LogP contribution in [0.1, 0.15) is 44.8 Å². The minimum absolute atomic E-state index is 0.694. The van der Waals surface area contributed by atoms with E-state index < -0.39 is 5.60 Å². The summed E-state index contributed by atoms with van der Waals surface area (Å²) in [5.74, 6) is 1.44. The predicted molar refractivity (Wildman–Crippen MR) is 77.4 cm³/mol. The van der Waals surface area contributed by atoms with Crippen molar-refractivity contribution in [2.75, 3.05) is 0 Å². The van der Waals surface area contributed by atoms with Gasteiger partial charge < -0.3 is 9.52 Å². The van der Waals surface area contributed by atoms with Crippen LogP contribution in [0.2, 0.25) is 5.02 Å². The van der Waals surface area contributed by atoms with Crippen molar-refractivity contribution in [3.8, 4) is 0 Å². The van der Waals surface area contributed by atoms with Crippen LogP contribution in [0.25, 0.3) is 11.0 Å². The smallest absolute Gasteiger partial charge is 0.136 e. The van der Waals surface area contributed by atoms with Crippen LogP contribution in [0.15, 0.2) is 28.7 Å². The van der Waals surface area contributed by atoms with Gasteiger partial charge in [-0.25, -0.2) is 0 Å². The highest BCUT2D eigenvalue weighted by Crippen LogP contribution is 2.42. The Bertz CT molecular complexity index is 579. The van der Waals surface area contributed by atoms with Gasteiger partial charge in [-0.1, -0.05) is 24.9 Å². The molecule has 0 unspecified atom stereocenters. The maximum Gasteiger partial charge on any atom is 0.136 e. The van der Waals surface area contributed by atoms with Crippen molar-refractivity contribution < 1.29 is 9.52 Å². The molecule has 0 bridgehead atoms. The molecule has 1 aromatic carbocycles. The monoisotopic (exact) mass is 278 g/mol. The van der Waals surface area contributed by atoms with Crippen LogP contribution in [0.4, 0.5) is 0 Å². The molecule has 2 aromatic rings. The second-order valence-electron chi connectivity index (χ2n) is 5.68. The van der Waals surface area contributed by atoms with Crippen LogP contribution < -0.4 is 0 Å². The molecule has 0 spiro atoms. The molecule has 1 aliphatic carbocycles. The van der Waals surface area contributed by atoms with Crippen LogP contribution in [-0.4, -0.2) is 5.11 Å². The minimum Gasteiger partial charge on any atom is -0.458 e. The highest BCUT2D eigenvalue weighted by atomic mass is 35.5. The molecule has 102 valence electrons. The third-order valence-electron chi connectivity index (χ3n) is 4.45. The topological polar surface area (TPSA) is 33.4 Å². The van der Waals surface area contributed by atoms with Gasteiger partial charge in [-0.3, -0.25) is 0 Å². The van der Waals surface area contributed by atoms with Crippen molar-refractivity contribution in [3.63, 3.8) is 0 Å². The standard InChI is InChI=1S/C16H19ClO2/c1-2-11-5-7-16(18,8-6-11)15-10-12-9-13(17)3-4-14(12)19-15/h3-4,9-11,18H,2,5-8H2,1H3. The Morgan fingerprint density at radius 1 is 1.32 bits per heavy atom. The van der Waals surface area contributed by atoms with E-state index in [4.69, 9.17) is 16.0 Å². The summed E-state index contributed by atoms with van der Waals surface area (Å²) in [5, 5.41) is 12.5. The zero-order valence-corrected chi connectivity index (χ0v) is 11.9. The van der Waals surface area contributed by atoms with Gasteiger partial charge in [0.25, 0.3) is 0 Å². The SMILES string of the molecule is CCC1CCC(O)(c2cc3cc(Cl)ccc3o2)CC1. The molecule has 1 fully saturated rings. The summed E-state index contributed by atoms with van der Waals surface area (Å²) in [6.45, 7) is 2.22. The molecule has 0 saturated heterocycles. The van der Waals surface area contributed by atoms with E-state index in [-0.39, 0.29) is 0 Å². The van der Waals surface area contributed by atoms with Crippen molar-refractivity contribution in [1.82, 2.24) is 0 Å². The van der Waals surface area contributed by atoms with Crippen molar-refractivity contribution >= 4 is 22.6 Å². The van der Waals surface area contributed by atoms with Gasteiger partial charge in [0.2, 0.25) is 0 Å². The lowest BCUT2D eigenvalue weighted by Crippen LogP contribution is -2.30. The zero-order valence-electron chi connectivity index (χ0n) is 11.2. The molecular weight excluding hydrogens is 260 g/mol. The van der Waals surface area contributed by atoms with Gasteiger partial charge in [-0.15, -0.1) is 0 Å². The second kappa shape index (κ2) is 4.84. The van der Waals surface area contributed by atoms with Gasteiger partial charge in [-0.05, 0) is 55.9 Å². The van der Waals surface area contributed by atoms with E-state index in [1.165, 1.54) is 6.42 Å². The molecule has 1 aromatic heterocycles. The van der Waals surface area contributed by atoms with Gasteiger partial charge >= 0.3 is 0 Å². The Morgan fingerprint density at radius 2 is 2.05 bits per heavy atom. The van der Waals surface area contributed by atoms with E-state index in [2.05, 4.69) is 6.92 Å². The first-order valence-electron chi connectivity index (χ1n) is 7.03. The van der Waals surface area contributed by atoms with Crippen LogP contribution in [0, 0.1) is 5.92 Å². The summed E-state index contributed by atoms with van der Waals surface area (Å²) >= 11 is 5.98. The lowest BCUT2D eigenvalue weighted by molar-refractivity contribution is -0.0312. The Morgan fingerprint density at radius 3 is 2.74 bits per heavy atom. The number of fused-ring (bicyclic) bond motifs is 1. The normalized spacial score (nSPS) is 27.8. The van der Waals surface area contributed by atoms with Gasteiger partial charge in [0.05, 0.1) is 0 Å². The highest BCUT2D eigenvalue weighted by Gasteiger charge is 2.37. The summed E-state index contributed by atoms with van der Waals surface area (Å²) < 4.78 is 5.83. The van der Waals surface area contributed by atoms with Crippen LogP contribution in [0.3, 0.4) is 0 Å². The fourth-order valence-corrected chi connectivity index (χ4v) is 3.23. The van der Waals surface area contributed by atoms with E-state index in [0.717, 1.165) is 42.6 Å². The Hall–Kier alpha value is -0.990. The quantitative estimate of drug-likeness (QED) is 0.850. The summed E-state index contributed by atoms with van der Waals surface area (Å²) in [6.07, 6.45) is 4.93. The van der Waals surface area contributed by atoms with E-state index in [9.17, 15) is 5.11 Å². The lowest BCUT2D eigenvalue weighted by Gasteiger charge is -2.34. The van der Waals surface area contributed by atoms with Crippen LogP contribution in [-0.2, 0) is 5.60 Å². The van der Waals surface area contributed by atoms with Gasteiger partial charge in [-0.2, -0.15) is 0 Å². The molecule has 19 heavy (non-hydrogen) atoms. The third kappa shape index (κ3) is 2.39. The summed E-state index contributed by atoms with van der Waals surface area (Å²) in [7, 11) is 0. The third-order valence-corrected chi connectivity index (χ3v) is 4.68. The number of benzene rings is 1. The molecule has 3 heteroatoms. The molecule has 0 amide bonds. The number of aliphatic hydroxyl groups is 1. The van der Waals surface area contributed by atoms with Crippen molar-refractivity contribution in [2.45, 2.75) is 44.6 Å². The molecule has 0 aliphatic heterocycles. The molecule has 0 radical (unpaired) electrons. The Labute approximate surface area is 118 Å². The van der Waals surface area contributed by atoms with Crippen molar-refractivity contribution in [1.29, 1.82) is 0 Å². The van der Waals surface area contributed by atoms with Gasteiger partial charge in [0.15, 0.2) is 0 Å². The molecule has 2 nitrogen and oxygen atoms in total. The van der Waals surface area contributed by atoms with Crippen LogP contribution in [0.5, 0.6) is 0 Å². The average molecular weight is 279 g/mol. The fraction of sp³-hybridized carbons (Fsp3) is 0.500. The molecule has 1 heterocycles. The molecular formula is C16H19ClO2. The zero-order chi connectivity index (χ0) is 13.5. The number of furan rings is 1. The molecule has 1 saturated carbocycles. The second-order valence-corrected chi connectivity index (χ2v) is 6.11. The fourth-order valence-electron chi connectivity index (χ4n) is 3.05. The number of hydrogen-bond donors (Lipinski definition) is 1. The molecule has 1 N–H and O–H groups in total. The predicted octanol–water partition coefficient (Wildman–Crippen LogP) is 4.87. The van der Waals surface area contributed by atoms with Gasteiger partial charge in [0.1, 0.15) is 16.9 Å². The molecule has 3 rings (SSSR count). The maximum absolute atomic E-state index is 10.8. The van der Waals surface area contributed by atoms with E-state index in [0.29, 0.717) is 10.8 Å². The maximum atomic E-state index is 10.8. The lowest BCUT2D eigenvalue weighted by atomic mass is 9.76. The first-order chi connectivity index (χ1) is 9.10. The molecule has 1 aliphatic rings. The van der Waals surface area contributed by atoms with Gasteiger partial charge in [0, 0.05) is 10.4 Å². The Balaban J connectivity index is 1.91. The minimum atomic E-state index is -0.794. The number of hydrogen-bond acceptors (Lipinski definition) is 2. The number of rotatable bonds is 2. The largest absolute Gasteiger partial charge is 0.458 e. The van der Waals surface area contributed by atoms with Crippen molar-refractivity contribution in [3.05, 3.63) is 35.0 Å². The van der Waals surface area contributed by atoms with E-state index in [1.807, 2.05) is 24.3 Å². The van der Waals surface area contributed by atoms with E-state index >= 15 is 0 Å². The van der Waals surface area contributed by atoms with E-state index in [1.54, 1.807) is 0 Å². The summed E-state index contributed by atoms with van der Waals surface area (Å²) in [5.41, 5.74) is 0.00223. The summed E-state index contributed by atoms with van der Waals surface area (Å²) in [6, 6.07) is 7.50. The average Bonchev–Trinajstić information content (AvgIpc) is 2.83. The summed E-state index contributed by atoms with van der Waals surface area (Å²) in [4.78, 5) is 0.